The summed E-state index contributed by atoms with van der Waals surface area (Å²) in [5, 5.41) is 11.8. The van der Waals surface area contributed by atoms with Crippen LogP contribution in [0.4, 0.5) is 15.8 Å². The van der Waals surface area contributed by atoms with Crippen LogP contribution in [0.2, 0.25) is 0 Å². The van der Waals surface area contributed by atoms with Gasteiger partial charge in [-0.15, -0.1) is 0 Å². The Kier molecular flexibility index (Phi) is 2.79. The summed E-state index contributed by atoms with van der Waals surface area (Å²) in [4.78, 5) is 3.90. The highest BCUT2D eigenvalue weighted by molar-refractivity contribution is 5.64. The Hall–Kier alpha value is -2.41. The fourth-order valence-electron chi connectivity index (χ4n) is 1.32. The average Bonchev–Trinajstić information content (AvgIpc) is 2.30. The minimum atomic E-state index is -0.326. The summed E-state index contributed by atoms with van der Waals surface area (Å²) in [6.45, 7) is 0. The second-order valence-corrected chi connectivity index (χ2v) is 3.15. The van der Waals surface area contributed by atoms with Gasteiger partial charge in [0, 0.05) is 11.9 Å². The average molecular weight is 213 g/mol. The first kappa shape index (κ1) is 10.1. The maximum absolute atomic E-state index is 12.9. The van der Waals surface area contributed by atoms with Crippen LogP contribution in [0, 0.1) is 17.1 Å². The number of rotatable bonds is 2. The molecule has 0 unspecified atom stereocenters. The number of hydrogen-bond donors (Lipinski definition) is 1. The van der Waals surface area contributed by atoms with Crippen molar-refractivity contribution in [1.82, 2.24) is 4.98 Å². The van der Waals surface area contributed by atoms with E-state index in [9.17, 15) is 4.39 Å². The zero-order valence-electron chi connectivity index (χ0n) is 8.31. The molecular formula is C12H8FN3. The third-order valence-electron chi connectivity index (χ3n) is 2.02. The molecule has 16 heavy (non-hydrogen) atoms. The predicted octanol–water partition coefficient (Wildman–Crippen LogP) is 2.84. The van der Waals surface area contributed by atoms with Crippen LogP contribution in [0.3, 0.4) is 0 Å². The van der Waals surface area contributed by atoms with Gasteiger partial charge in [0.2, 0.25) is 0 Å². The van der Waals surface area contributed by atoms with E-state index in [1.807, 2.05) is 6.07 Å². The summed E-state index contributed by atoms with van der Waals surface area (Å²) in [5.74, 6) is -0.326. The molecule has 2 aromatic rings. The molecule has 0 atom stereocenters. The van der Waals surface area contributed by atoms with E-state index < -0.39 is 0 Å². The van der Waals surface area contributed by atoms with E-state index in [2.05, 4.69) is 10.3 Å². The van der Waals surface area contributed by atoms with Crippen LogP contribution < -0.4 is 5.32 Å². The predicted molar refractivity (Wildman–Crippen MR) is 58.6 cm³/mol. The minimum absolute atomic E-state index is 0.284. The van der Waals surface area contributed by atoms with Crippen molar-refractivity contribution in [2.24, 2.45) is 0 Å². The van der Waals surface area contributed by atoms with Crippen LogP contribution in [0.1, 0.15) is 5.69 Å². The van der Waals surface area contributed by atoms with Crippen LogP contribution in [-0.2, 0) is 0 Å². The highest BCUT2D eigenvalue weighted by Gasteiger charge is 2.02. The van der Waals surface area contributed by atoms with Crippen molar-refractivity contribution in [3.63, 3.8) is 0 Å². The fraction of sp³-hybridized carbons (Fsp3) is 0. The van der Waals surface area contributed by atoms with Gasteiger partial charge in [-0.2, -0.15) is 5.26 Å². The fourth-order valence-corrected chi connectivity index (χ4v) is 1.32. The van der Waals surface area contributed by atoms with Gasteiger partial charge < -0.3 is 5.32 Å². The first-order valence-electron chi connectivity index (χ1n) is 4.67. The molecule has 1 aromatic heterocycles. The normalized spacial score (nSPS) is 9.50. The van der Waals surface area contributed by atoms with Gasteiger partial charge in [0.1, 0.15) is 11.9 Å². The lowest BCUT2D eigenvalue weighted by Crippen LogP contribution is -1.95. The molecule has 1 aromatic carbocycles. The van der Waals surface area contributed by atoms with Gasteiger partial charge in [0.25, 0.3) is 0 Å². The quantitative estimate of drug-likeness (QED) is 0.834. The smallest absolute Gasteiger partial charge is 0.163 e. The van der Waals surface area contributed by atoms with E-state index in [1.54, 1.807) is 24.3 Å². The number of pyridine rings is 1. The van der Waals surface area contributed by atoms with E-state index in [-0.39, 0.29) is 11.5 Å². The molecule has 1 N–H and O–H groups in total. The van der Waals surface area contributed by atoms with Crippen molar-refractivity contribution in [3.8, 4) is 6.07 Å². The van der Waals surface area contributed by atoms with Crippen molar-refractivity contribution in [1.29, 1.82) is 5.26 Å². The molecule has 0 aliphatic carbocycles. The van der Waals surface area contributed by atoms with E-state index in [0.29, 0.717) is 11.4 Å². The Morgan fingerprint density at radius 1 is 1.25 bits per heavy atom. The molecule has 0 aliphatic heterocycles. The Morgan fingerprint density at radius 3 is 2.88 bits per heavy atom. The van der Waals surface area contributed by atoms with Crippen LogP contribution in [0.15, 0.2) is 42.6 Å². The van der Waals surface area contributed by atoms with Crippen molar-refractivity contribution < 1.29 is 4.39 Å². The lowest BCUT2D eigenvalue weighted by molar-refractivity contribution is 0.628. The SMILES string of the molecule is N#Cc1ncccc1Nc1cccc(F)c1. The molecule has 0 spiro atoms. The summed E-state index contributed by atoms with van der Waals surface area (Å²) < 4.78 is 12.9. The van der Waals surface area contributed by atoms with Crippen LogP contribution in [0.5, 0.6) is 0 Å². The molecule has 2 rings (SSSR count). The van der Waals surface area contributed by atoms with Gasteiger partial charge in [-0.05, 0) is 30.3 Å². The third kappa shape index (κ3) is 2.15. The number of hydrogen-bond acceptors (Lipinski definition) is 3. The van der Waals surface area contributed by atoms with Gasteiger partial charge in [0.15, 0.2) is 5.69 Å². The maximum atomic E-state index is 12.9. The zero-order chi connectivity index (χ0) is 11.4. The number of nitriles is 1. The molecule has 0 saturated carbocycles. The van der Waals surface area contributed by atoms with Crippen LogP contribution in [0.25, 0.3) is 0 Å². The van der Waals surface area contributed by atoms with Gasteiger partial charge in [0.05, 0.1) is 5.69 Å². The molecule has 0 fully saturated rings. The van der Waals surface area contributed by atoms with Gasteiger partial charge >= 0.3 is 0 Å². The monoisotopic (exact) mass is 213 g/mol. The minimum Gasteiger partial charge on any atom is -0.353 e. The number of benzene rings is 1. The molecule has 0 bridgehead atoms. The largest absolute Gasteiger partial charge is 0.353 e. The molecule has 78 valence electrons. The third-order valence-corrected chi connectivity index (χ3v) is 2.02. The molecule has 1 heterocycles. The topological polar surface area (TPSA) is 48.7 Å². The standard InChI is InChI=1S/C12H8FN3/c13-9-3-1-4-10(7-9)16-11-5-2-6-15-12(11)8-14/h1-7,16H. The number of nitrogens with zero attached hydrogens (tertiary/aromatic N) is 2. The van der Waals surface area contributed by atoms with Crippen molar-refractivity contribution >= 4 is 11.4 Å². The van der Waals surface area contributed by atoms with Crippen molar-refractivity contribution in [2.75, 3.05) is 5.32 Å². The van der Waals surface area contributed by atoms with E-state index in [4.69, 9.17) is 5.26 Å². The molecule has 4 heteroatoms. The summed E-state index contributed by atoms with van der Waals surface area (Å²) in [7, 11) is 0. The molecule has 0 saturated heterocycles. The van der Waals surface area contributed by atoms with Crippen LogP contribution >= 0.6 is 0 Å². The van der Waals surface area contributed by atoms with Crippen LogP contribution in [-0.4, -0.2) is 4.98 Å². The van der Waals surface area contributed by atoms with Gasteiger partial charge in [-0.1, -0.05) is 6.07 Å². The number of nitrogens with one attached hydrogen (secondary N) is 1. The Bertz CT molecular complexity index is 546. The Balaban J connectivity index is 2.31. The lowest BCUT2D eigenvalue weighted by Gasteiger charge is -2.06. The highest BCUT2D eigenvalue weighted by atomic mass is 19.1. The molecular weight excluding hydrogens is 205 g/mol. The first-order valence-corrected chi connectivity index (χ1v) is 4.67. The van der Waals surface area contributed by atoms with E-state index >= 15 is 0 Å². The Morgan fingerprint density at radius 2 is 2.12 bits per heavy atom. The zero-order valence-corrected chi connectivity index (χ0v) is 8.31. The summed E-state index contributed by atoms with van der Waals surface area (Å²) in [5.41, 5.74) is 1.44. The second kappa shape index (κ2) is 4.41. The van der Waals surface area contributed by atoms with E-state index in [0.717, 1.165) is 0 Å². The van der Waals surface area contributed by atoms with Crippen molar-refractivity contribution in [2.45, 2.75) is 0 Å². The summed E-state index contributed by atoms with van der Waals surface area (Å²) in [6, 6.07) is 11.4. The number of aromatic nitrogens is 1. The maximum Gasteiger partial charge on any atom is 0.163 e. The highest BCUT2D eigenvalue weighted by Crippen LogP contribution is 2.18. The second-order valence-electron chi connectivity index (χ2n) is 3.15. The lowest BCUT2D eigenvalue weighted by atomic mass is 10.2. The van der Waals surface area contributed by atoms with Gasteiger partial charge in [-0.3, -0.25) is 0 Å². The summed E-state index contributed by atoms with van der Waals surface area (Å²) >= 11 is 0. The number of anilines is 2. The van der Waals surface area contributed by atoms with Crippen molar-refractivity contribution in [3.05, 3.63) is 54.1 Å². The Labute approximate surface area is 92.2 Å². The van der Waals surface area contributed by atoms with E-state index in [1.165, 1.54) is 18.3 Å². The molecule has 0 radical (unpaired) electrons. The molecule has 0 aliphatic rings. The molecule has 0 amide bonds. The summed E-state index contributed by atoms with van der Waals surface area (Å²) in [6.07, 6.45) is 1.54. The number of halogens is 1. The molecule has 3 nitrogen and oxygen atoms in total. The van der Waals surface area contributed by atoms with Gasteiger partial charge in [-0.25, -0.2) is 9.37 Å². The first-order chi connectivity index (χ1) is 7.79.